The van der Waals surface area contributed by atoms with Gasteiger partial charge in [-0.05, 0) is 47.1 Å². The first-order valence-corrected chi connectivity index (χ1v) is 7.49. The molecule has 0 aromatic heterocycles. The fourth-order valence-corrected chi connectivity index (χ4v) is 3.57. The maximum absolute atomic E-state index is 2.41. The lowest BCUT2D eigenvalue weighted by Gasteiger charge is -2.19. The first-order valence-electron chi connectivity index (χ1n) is 7.49. The van der Waals surface area contributed by atoms with Crippen LogP contribution >= 0.6 is 0 Å². The van der Waals surface area contributed by atoms with E-state index in [-0.39, 0.29) is 0 Å². The maximum Gasteiger partial charge on any atom is 0.0284 e. The van der Waals surface area contributed by atoms with Crippen molar-refractivity contribution in [3.8, 4) is 0 Å². The van der Waals surface area contributed by atoms with Gasteiger partial charge in [-0.1, -0.05) is 66.8 Å². The molecule has 0 nitrogen and oxygen atoms in total. The summed E-state index contributed by atoms with van der Waals surface area (Å²) in [7, 11) is 0. The summed E-state index contributed by atoms with van der Waals surface area (Å²) in [6.07, 6.45) is 19.5. The normalized spacial score (nSPS) is 30.8. The van der Waals surface area contributed by atoms with Crippen LogP contribution in [0.3, 0.4) is 0 Å². The van der Waals surface area contributed by atoms with Crippen LogP contribution in [0.5, 0.6) is 0 Å². The van der Waals surface area contributed by atoms with Crippen molar-refractivity contribution in [2.24, 2.45) is 0 Å². The van der Waals surface area contributed by atoms with E-state index in [0.717, 1.165) is 0 Å². The van der Waals surface area contributed by atoms with Gasteiger partial charge >= 0.3 is 0 Å². The number of benzene rings is 1. The van der Waals surface area contributed by atoms with Crippen LogP contribution in [0.4, 0.5) is 0 Å². The molecule has 0 amide bonds. The van der Waals surface area contributed by atoms with Crippen molar-refractivity contribution in [1.82, 2.24) is 0 Å². The van der Waals surface area contributed by atoms with Gasteiger partial charge in [0.05, 0.1) is 0 Å². The minimum absolute atomic E-state index is 0.448. The first-order chi connectivity index (χ1) is 9.95. The molecule has 0 spiro atoms. The van der Waals surface area contributed by atoms with E-state index in [1.54, 1.807) is 0 Å². The summed E-state index contributed by atoms with van der Waals surface area (Å²) in [5.74, 6) is 0.448. The van der Waals surface area contributed by atoms with Gasteiger partial charge in [-0.2, -0.15) is 0 Å². The molecule has 0 saturated heterocycles. The van der Waals surface area contributed by atoms with Gasteiger partial charge in [0.25, 0.3) is 0 Å². The molecule has 1 aromatic rings. The van der Waals surface area contributed by atoms with Crippen molar-refractivity contribution < 1.29 is 0 Å². The Kier molecular flexibility index (Phi) is 2.81. The Bertz CT molecular complexity index is 693. The fourth-order valence-electron chi connectivity index (χ4n) is 3.57. The molecule has 3 aliphatic carbocycles. The van der Waals surface area contributed by atoms with Crippen LogP contribution in [0.15, 0.2) is 77.9 Å². The molecule has 0 N–H and O–H groups in total. The summed E-state index contributed by atoms with van der Waals surface area (Å²) in [4.78, 5) is 0. The van der Waals surface area contributed by atoms with Crippen molar-refractivity contribution in [1.29, 1.82) is 0 Å². The van der Waals surface area contributed by atoms with Crippen LogP contribution in [-0.2, 0) is 0 Å². The molecule has 0 heterocycles. The molecule has 0 radical (unpaired) electrons. The van der Waals surface area contributed by atoms with Gasteiger partial charge in [-0.3, -0.25) is 0 Å². The van der Waals surface area contributed by atoms with E-state index >= 15 is 0 Å². The van der Waals surface area contributed by atoms with Crippen LogP contribution in [-0.4, -0.2) is 0 Å². The predicted molar refractivity (Wildman–Crippen MR) is 85.5 cm³/mol. The van der Waals surface area contributed by atoms with Gasteiger partial charge in [0.15, 0.2) is 0 Å². The Labute approximate surface area is 120 Å². The van der Waals surface area contributed by atoms with Gasteiger partial charge in [0.1, 0.15) is 0 Å². The smallest absolute Gasteiger partial charge is 0.0284 e. The SMILES string of the molecule is C1=C\C=C2\CCC/C=C\C3C2=C(\C=C/1)c1ccccc13. The third kappa shape index (κ3) is 1.76. The zero-order chi connectivity index (χ0) is 13.4. The Morgan fingerprint density at radius 2 is 1.95 bits per heavy atom. The summed E-state index contributed by atoms with van der Waals surface area (Å²) in [5, 5.41) is 0. The summed E-state index contributed by atoms with van der Waals surface area (Å²) < 4.78 is 0. The zero-order valence-electron chi connectivity index (χ0n) is 11.5. The molecule has 1 unspecified atom stereocenters. The molecule has 0 bridgehead atoms. The summed E-state index contributed by atoms with van der Waals surface area (Å²) >= 11 is 0. The molecular weight excluding hydrogens is 240 g/mol. The zero-order valence-corrected chi connectivity index (χ0v) is 11.5. The van der Waals surface area contributed by atoms with E-state index in [4.69, 9.17) is 0 Å². The lowest BCUT2D eigenvalue weighted by atomic mass is 9.85. The molecule has 1 aromatic carbocycles. The highest BCUT2D eigenvalue weighted by Gasteiger charge is 2.30. The highest BCUT2D eigenvalue weighted by Crippen LogP contribution is 2.48. The Hall–Kier alpha value is -2.08. The maximum atomic E-state index is 2.41. The molecule has 3 aliphatic rings. The largest absolute Gasteiger partial charge is 0.0876 e. The number of rotatable bonds is 0. The van der Waals surface area contributed by atoms with Crippen molar-refractivity contribution in [2.45, 2.75) is 25.2 Å². The summed E-state index contributed by atoms with van der Waals surface area (Å²) in [6.45, 7) is 0. The van der Waals surface area contributed by atoms with Crippen molar-refractivity contribution in [3.05, 3.63) is 89.1 Å². The molecular formula is C20H18. The summed E-state index contributed by atoms with van der Waals surface area (Å²) in [6, 6.07) is 8.87. The van der Waals surface area contributed by atoms with E-state index < -0.39 is 0 Å². The van der Waals surface area contributed by atoms with E-state index in [1.165, 1.54) is 47.1 Å². The average molecular weight is 258 g/mol. The van der Waals surface area contributed by atoms with Crippen molar-refractivity contribution >= 4 is 5.57 Å². The van der Waals surface area contributed by atoms with Gasteiger partial charge in [-0.25, -0.2) is 0 Å². The quantitative estimate of drug-likeness (QED) is 0.552. The molecule has 0 saturated carbocycles. The highest BCUT2D eigenvalue weighted by molar-refractivity contribution is 5.88. The molecule has 4 rings (SSSR count). The topological polar surface area (TPSA) is 0 Å². The lowest BCUT2D eigenvalue weighted by Crippen LogP contribution is -2.02. The molecule has 0 heteroatoms. The fraction of sp³-hybridized carbons (Fsp3) is 0.200. The van der Waals surface area contributed by atoms with Gasteiger partial charge in [0.2, 0.25) is 0 Å². The standard InChI is InChI=1S/C20H18/c1-3-9-15-10-4-2-6-14-19-17-12-8-7-11-16(17)18(13-5-1)20(15)19/h1,3,5-9,11-14,19H,2,4,10H2/b3-1-,5-1?,9-3?,13-5-,14-6-,15-9-,18-13?,20-15?. The Morgan fingerprint density at radius 3 is 2.95 bits per heavy atom. The molecule has 98 valence electrons. The third-order valence-electron chi connectivity index (χ3n) is 4.46. The van der Waals surface area contributed by atoms with Crippen molar-refractivity contribution in [3.63, 3.8) is 0 Å². The number of fused-ring (bicyclic) bond motifs is 3. The third-order valence-corrected chi connectivity index (χ3v) is 4.46. The second kappa shape index (κ2) is 4.79. The number of hydrogen-bond acceptors (Lipinski definition) is 0. The van der Waals surface area contributed by atoms with Gasteiger partial charge < -0.3 is 0 Å². The second-order valence-corrected chi connectivity index (χ2v) is 5.65. The minimum Gasteiger partial charge on any atom is -0.0876 e. The van der Waals surface area contributed by atoms with Crippen LogP contribution < -0.4 is 0 Å². The van der Waals surface area contributed by atoms with Gasteiger partial charge in [0, 0.05) is 5.92 Å². The van der Waals surface area contributed by atoms with Crippen molar-refractivity contribution in [2.75, 3.05) is 0 Å². The van der Waals surface area contributed by atoms with E-state index in [2.05, 4.69) is 66.8 Å². The molecule has 0 aliphatic heterocycles. The monoisotopic (exact) mass is 258 g/mol. The average Bonchev–Trinajstić information content (AvgIpc) is 2.72. The first kappa shape index (κ1) is 11.7. The highest BCUT2D eigenvalue weighted by atomic mass is 14.3. The molecule has 20 heavy (non-hydrogen) atoms. The van der Waals surface area contributed by atoms with Crippen LogP contribution in [0, 0.1) is 0 Å². The predicted octanol–water partition coefficient (Wildman–Crippen LogP) is 5.33. The van der Waals surface area contributed by atoms with E-state index in [9.17, 15) is 0 Å². The van der Waals surface area contributed by atoms with E-state index in [1.807, 2.05) is 0 Å². The van der Waals surface area contributed by atoms with Crippen LogP contribution in [0.25, 0.3) is 5.57 Å². The van der Waals surface area contributed by atoms with Gasteiger partial charge in [-0.15, -0.1) is 0 Å². The van der Waals surface area contributed by atoms with E-state index in [0.29, 0.717) is 5.92 Å². The minimum atomic E-state index is 0.448. The molecule has 0 fully saturated rings. The summed E-state index contributed by atoms with van der Waals surface area (Å²) in [5.41, 5.74) is 7.35. The molecule has 1 atom stereocenters. The van der Waals surface area contributed by atoms with Crippen LogP contribution in [0.2, 0.25) is 0 Å². The second-order valence-electron chi connectivity index (χ2n) is 5.65. The Balaban J connectivity index is 2.00. The Morgan fingerprint density at radius 1 is 1.00 bits per heavy atom. The number of allylic oxidation sites excluding steroid dienone is 10. The number of hydrogen-bond donors (Lipinski definition) is 0. The van der Waals surface area contributed by atoms with Crippen LogP contribution in [0.1, 0.15) is 36.3 Å². The lowest BCUT2D eigenvalue weighted by molar-refractivity contribution is 0.803.